The zero-order valence-corrected chi connectivity index (χ0v) is 26.4. The van der Waals surface area contributed by atoms with Crippen molar-refractivity contribution in [3.63, 3.8) is 0 Å². The third kappa shape index (κ3) is 8.16. The summed E-state index contributed by atoms with van der Waals surface area (Å²) in [4.78, 5) is 28.6. The van der Waals surface area contributed by atoms with E-state index in [1.807, 2.05) is 45.0 Å². The van der Waals surface area contributed by atoms with Crippen molar-refractivity contribution >= 4 is 59.4 Å². The fourth-order valence-corrected chi connectivity index (χ4v) is 6.12. The topological polar surface area (TPSA) is 86.8 Å². The summed E-state index contributed by atoms with van der Waals surface area (Å²) >= 11 is 6.86. The van der Waals surface area contributed by atoms with Gasteiger partial charge in [-0.05, 0) is 75.2 Å². The number of sulfonamides is 1. The number of carbonyl (C=O) groups is 2. The first kappa shape index (κ1) is 30.8. The van der Waals surface area contributed by atoms with Crippen LogP contribution in [-0.2, 0) is 26.2 Å². The van der Waals surface area contributed by atoms with Crippen LogP contribution in [0.25, 0.3) is 0 Å². The monoisotopic (exact) mass is 677 g/mol. The van der Waals surface area contributed by atoms with Crippen molar-refractivity contribution in [1.29, 1.82) is 0 Å². The van der Waals surface area contributed by atoms with E-state index in [-0.39, 0.29) is 23.4 Å². The maximum atomic E-state index is 14.0. The fourth-order valence-electron chi connectivity index (χ4n) is 3.88. The highest BCUT2D eigenvalue weighted by Gasteiger charge is 2.32. The van der Waals surface area contributed by atoms with Crippen LogP contribution in [0.1, 0.15) is 38.3 Å². The molecule has 2 amide bonds. The van der Waals surface area contributed by atoms with Crippen molar-refractivity contribution in [3.8, 4) is 0 Å². The Hall–Kier alpha value is -2.69. The van der Waals surface area contributed by atoms with Gasteiger partial charge >= 0.3 is 0 Å². The number of nitrogens with one attached hydrogen (secondary N) is 1. The molecule has 208 valence electrons. The Morgan fingerprint density at radius 1 is 0.923 bits per heavy atom. The molecule has 1 N–H and O–H groups in total. The fraction of sp³-hybridized carbons (Fsp3) is 0.310. The quantitative estimate of drug-likeness (QED) is 0.268. The predicted molar refractivity (Wildman–Crippen MR) is 162 cm³/mol. The van der Waals surface area contributed by atoms with E-state index in [1.165, 1.54) is 17.0 Å². The number of hydrogen-bond acceptors (Lipinski definition) is 4. The molecule has 7 nitrogen and oxygen atoms in total. The van der Waals surface area contributed by atoms with Crippen molar-refractivity contribution in [1.82, 2.24) is 10.2 Å². The van der Waals surface area contributed by atoms with Gasteiger partial charge < -0.3 is 10.2 Å². The summed E-state index contributed by atoms with van der Waals surface area (Å²) in [5.41, 5.74) is 2.05. The minimum atomic E-state index is -4.11. The molecule has 0 heterocycles. The molecule has 0 aliphatic rings. The SMILES string of the molecule is CCC(C)NC(=O)C(C)N(Cc1cccc(Br)c1)C(=O)CN(c1cccc(Br)c1)S(=O)(=O)c1ccc(C)cc1. The third-order valence-corrected chi connectivity index (χ3v) is 9.17. The van der Waals surface area contributed by atoms with Gasteiger partial charge in [0.2, 0.25) is 11.8 Å². The summed E-state index contributed by atoms with van der Waals surface area (Å²) in [6.45, 7) is 7.04. The number of rotatable bonds is 11. The van der Waals surface area contributed by atoms with Crippen molar-refractivity contribution < 1.29 is 18.0 Å². The first-order valence-corrected chi connectivity index (χ1v) is 15.6. The molecule has 0 fully saturated rings. The first-order valence-electron chi connectivity index (χ1n) is 12.6. The van der Waals surface area contributed by atoms with Crippen molar-refractivity contribution in [3.05, 3.63) is 92.9 Å². The van der Waals surface area contributed by atoms with Gasteiger partial charge in [-0.3, -0.25) is 13.9 Å². The van der Waals surface area contributed by atoms with Crippen LogP contribution in [0, 0.1) is 6.92 Å². The summed E-state index contributed by atoms with van der Waals surface area (Å²) in [6, 6.07) is 19.8. The van der Waals surface area contributed by atoms with Gasteiger partial charge in [-0.1, -0.05) is 74.7 Å². The molecule has 0 bridgehead atoms. The van der Waals surface area contributed by atoms with Crippen LogP contribution in [0.5, 0.6) is 0 Å². The molecule has 0 radical (unpaired) electrons. The van der Waals surface area contributed by atoms with Gasteiger partial charge in [0.05, 0.1) is 10.6 Å². The molecule has 2 atom stereocenters. The highest BCUT2D eigenvalue weighted by atomic mass is 79.9. The van der Waals surface area contributed by atoms with E-state index >= 15 is 0 Å². The van der Waals surface area contributed by atoms with Gasteiger partial charge in [-0.25, -0.2) is 8.42 Å². The summed E-state index contributed by atoms with van der Waals surface area (Å²) < 4.78 is 30.3. The van der Waals surface area contributed by atoms with Crippen LogP contribution >= 0.6 is 31.9 Å². The Kier molecular flexibility index (Phi) is 10.7. The molecule has 3 aromatic rings. The number of halogens is 2. The molecule has 3 rings (SSSR count). The maximum Gasteiger partial charge on any atom is 0.264 e. The standard InChI is InChI=1S/C29H33Br2N3O4S/c1-5-21(3)32-29(36)22(4)33(18-23-8-6-9-24(30)16-23)28(35)19-34(26-11-7-10-25(31)17-26)39(37,38)27-14-12-20(2)13-15-27/h6-17,21-22H,5,18-19H2,1-4H3,(H,32,36). The Balaban J connectivity index is 2.03. The molecule has 2 unspecified atom stereocenters. The normalized spacial score (nSPS) is 12.9. The highest BCUT2D eigenvalue weighted by Crippen LogP contribution is 2.27. The molecule has 0 aliphatic heterocycles. The summed E-state index contributed by atoms with van der Waals surface area (Å²) in [7, 11) is -4.11. The van der Waals surface area contributed by atoms with Crippen LogP contribution in [0.15, 0.2) is 86.6 Å². The van der Waals surface area contributed by atoms with Gasteiger partial charge in [-0.15, -0.1) is 0 Å². The second-order valence-corrected chi connectivity index (χ2v) is 13.1. The Morgan fingerprint density at radius 2 is 1.54 bits per heavy atom. The van der Waals surface area contributed by atoms with Crippen LogP contribution in [-0.4, -0.2) is 43.8 Å². The zero-order valence-electron chi connectivity index (χ0n) is 22.4. The Morgan fingerprint density at radius 3 is 2.13 bits per heavy atom. The van der Waals surface area contributed by atoms with E-state index in [0.717, 1.165) is 26.3 Å². The molecular weight excluding hydrogens is 646 g/mol. The zero-order chi connectivity index (χ0) is 28.7. The number of aryl methyl sites for hydroxylation is 1. The van der Waals surface area contributed by atoms with E-state index in [4.69, 9.17) is 0 Å². The van der Waals surface area contributed by atoms with Gasteiger partial charge in [0.25, 0.3) is 10.0 Å². The number of nitrogens with zero attached hydrogens (tertiary/aromatic N) is 2. The van der Waals surface area contributed by atoms with Crippen LogP contribution < -0.4 is 9.62 Å². The average Bonchev–Trinajstić information content (AvgIpc) is 2.89. The van der Waals surface area contributed by atoms with Gasteiger partial charge in [0.15, 0.2) is 0 Å². The smallest absolute Gasteiger partial charge is 0.264 e. The lowest BCUT2D eigenvalue weighted by Gasteiger charge is -2.32. The third-order valence-electron chi connectivity index (χ3n) is 6.39. The molecule has 39 heavy (non-hydrogen) atoms. The lowest BCUT2D eigenvalue weighted by molar-refractivity contribution is -0.139. The molecular formula is C29H33Br2N3O4S. The second kappa shape index (κ2) is 13.6. The summed E-state index contributed by atoms with van der Waals surface area (Å²) in [5.74, 6) is -0.805. The van der Waals surface area contributed by atoms with Crippen molar-refractivity contribution in [2.24, 2.45) is 0 Å². The molecule has 10 heteroatoms. The molecule has 3 aromatic carbocycles. The van der Waals surface area contributed by atoms with Gasteiger partial charge in [0, 0.05) is 21.5 Å². The number of benzene rings is 3. The maximum absolute atomic E-state index is 14.0. The van der Waals surface area contributed by atoms with Crippen molar-refractivity contribution in [2.45, 2.75) is 57.6 Å². The minimum Gasteiger partial charge on any atom is -0.352 e. The lowest BCUT2D eigenvalue weighted by Crippen LogP contribution is -2.52. The number of hydrogen-bond donors (Lipinski definition) is 1. The molecule has 0 aromatic heterocycles. The minimum absolute atomic E-state index is 0.0668. The summed E-state index contributed by atoms with van der Waals surface area (Å²) in [6.07, 6.45) is 0.740. The Bertz CT molecular complexity index is 1410. The second-order valence-electron chi connectivity index (χ2n) is 9.45. The largest absolute Gasteiger partial charge is 0.352 e. The van der Waals surface area contributed by atoms with Crippen LogP contribution in [0.2, 0.25) is 0 Å². The van der Waals surface area contributed by atoms with Crippen LogP contribution in [0.4, 0.5) is 5.69 Å². The molecule has 0 spiro atoms. The molecule has 0 aliphatic carbocycles. The van der Waals surface area contributed by atoms with E-state index < -0.39 is 28.5 Å². The van der Waals surface area contributed by atoms with E-state index in [0.29, 0.717) is 10.2 Å². The number of carbonyl (C=O) groups excluding carboxylic acids is 2. The van der Waals surface area contributed by atoms with E-state index in [9.17, 15) is 18.0 Å². The van der Waals surface area contributed by atoms with Gasteiger partial charge in [-0.2, -0.15) is 0 Å². The number of anilines is 1. The highest BCUT2D eigenvalue weighted by molar-refractivity contribution is 9.10. The van der Waals surface area contributed by atoms with E-state index in [1.54, 1.807) is 43.3 Å². The van der Waals surface area contributed by atoms with Crippen LogP contribution in [0.3, 0.4) is 0 Å². The number of amides is 2. The average molecular weight is 679 g/mol. The predicted octanol–water partition coefficient (Wildman–Crippen LogP) is 6.05. The Labute approximate surface area is 247 Å². The lowest BCUT2D eigenvalue weighted by atomic mass is 10.1. The first-order chi connectivity index (χ1) is 18.4. The van der Waals surface area contributed by atoms with E-state index in [2.05, 4.69) is 37.2 Å². The summed E-state index contributed by atoms with van der Waals surface area (Å²) in [5, 5.41) is 2.94. The van der Waals surface area contributed by atoms with Crippen molar-refractivity contribution in [2.75, 3.05) is 10.8 Å². The molecule has 0 saturated carbocycles. The molecule has 0 saturated heterocycles. The van der Waals surface area contributed by atoms with Gasteiger partial charge in [0.1, 0.15) is 12.6 Å².